The van der Waals surface area contributed by atoms with Crippen molar-refractivity contribution in [2.75, 3.05) is 24.5 Å². The molecule has 0 radical (unpaired) electrons. The van der Waals surface area contributed by atoms with Crippen LogP contribution in [0.3, 0.4) is 0 Å². The van der Waals surface area contributed by atoms with Crippen LogP contribution in [0.15, 0.2) is 74.8 Å². The van der Waals surface area contributed by atoms with Crippen molar-refractivity contribution < 1.29 is 4.74 Å². The number of aliphatic imine (C=N–C) groups is 3. The Labute approximate surface area is 163 Å². The molecule has 0 aliphatic carbocycles. The summed E-state index contributed by atoms with van der Waals surface area (Å²) < 4.78 is 5.61. The van der Waals surface area contributed by atoms with Crippen molar-refractivity contribution in [3.63, 3.8) is 0 Å². The molecule has 3 aliphatic rings. The molecular weight excluding hydrogens is 348 g/mol. The van der Waals surface area contributed by atoms with Gasteiger partial charge in [-0.2, -0.15) is 0 Å². The largest absolute Gasteiger partial charge is 0.472 e. The van der Waals surface area contributed by atoms with Crippen molar-refractivity contribution in [1.82, 2.24) is 0 Å². The van der Waals surface area contributed by atoms with Crippen molar-refractivity contribution in [3.05, 3.63) is 76.5 Å². The number of nitrogens with zero attached hydrogens (tertiary/aromatic N) is 4. The van der Waals surface area contributed by atoms with Gasteiger partial charge >= 0.3 is 0 Å². The molecule has 5 rings (SSSR count). The molecule has 0 N–H and O–H groups in total. The minimum Gasteiger partial charge on any atom is -0.472 e. The highest BCUT2D eigenvalue weighted by atomic mass is 16.5. The molecule has 2 aromatic carbocycles. The summed E-state index contributed by atoms with van der Waals surface area (Å²) in [5.74, 6) is 2.74. The van der Waals surface area contributed by atoms with Gasteiger partial charge in [0.25, 0.3) is 0 Å². The quantitative estimate of drug-likeness (QED) is 0.767. The zero-order chi connectivity index (χ0) is 18.9. The van der Waals surface area contributed by atoms with Crippen LogP contribution in [0.5, 0.6) is 0 Å². The average Bonchev–Trinajstić information content (AvgIpc) is 3.28. The molecule has 0 saturated heterocycles. The first-order valence-corrected chi connectivity index (χ1v) is 9.21. The van der Waals surface area contributed by atoms with Crippen LogP contribution in [-0.4, -0.2) is 44.2 Å². The van der Waals surface area contributed by atoms with Gasteiger partial charge in [0, 0.05) is 23.2 Å². The third-order valence-corrected chi connectivity index (χ3v) is 5.14. The van der Waals surface area contributed by atoms with E-state index < -0.39 is 0 Å². The first-order valence-electron chi connectivity index (χ1n) is 9.21. The molecule has 3 heterocycles. The summed E-state index contributed by atoms with van der Waals surface area (Å²) in [6, 6.07) is 16.3. The second-order valence-corrected chi connectivity index (χ2v) is 6.86. The van der Waals surface area contributed by atoms with Crippen LogP contribution in [0.25, 0.3) is 0 Å². The molecule has 1 atom stereocenters. The Kier molecular flexibility index (Phi) is 4.02. The normalized spacial score (nSPS) is 21.9. The van der Waals surface area contributed by atoms with Gasteiger partial charge in [0.15, 0.2) is 12.5 Å². The number of terminal acetylenes is 1. The fourth-order valence-electron chi connectivity index (χ4n) is 3.76. The molecule has 0 amide bonds. The van der Waals surface area contributed by atoms with Crippen molar-refractivity contribution in [1.29, 1.82) is 0 Å². The lowest BCUT2D eigenvalue weighted by Gasteiger charge is -2.31. The van der Waals surface area contributed by atoms with E-state index in [1.165, 1.54) is 6.40 Å². The summed E-state index contributed by atoms with van der Waals surface area (Å²) in [4.78, 5) is 16.0. The summed E-state index contributed by atoms with van der Waals surface area (Å²) in [6.07, 6.45) is 8.93. The molecule has 136 valence electrons. The molecule has 0 spiro atoms. The van der Waals surface area contributed by atoms with Gasteiger partial charge in [0.05, 0.1) is 36.5 Å². The fourth-order valence-corrected chi connectivity index (χ4v) is 3.76. The van der Waals surface area contributed by atoms with Gasteiger partial charge in [-0.25, -0.2) is 4.99 Å². The molecule has 2 bridgehead atoms. The van der Waals surface area contributed by atoms with Gasteiger partial charge < -0.3 is 9.64 Å². The van der Waals surface area contributed by atoms with E-state index in [0.717, 1.165) is 45.9 Å². The summed E-state index contributed by atoms with van der Waals surface area (Å²) >= 11 is 0. The molecule has 3 aliphatic heterocycles. The summed E-state index contributed by atoms with van der Waals surface area (Å²) in [7, 11) is 0. The average molecular weight is 366 g/mol. The lowest BCUT2D eigenvalue weighted by atomic mass is 9.96. The first kappa shape index (κ1) is 16.5. The van der Waals surface area contributed by atoms with E-state index in [-0.39, 0.29) is 6.10 Å². The Morgan fingerprint density at radius 3 is 2.82 bits per heavy atom. The van der Waals surface area contributed by atoms with Crippen LogP contribution in [0.2, 0.25) is 0 Å². The Bertz CT molecular complexity index is 1080. The first-order chi connectivity index (χ1) is 13.8. The maximum atomic E-state index is 5.66. The highest BCUT2D eigenvalue weighted by Gasteiger charge is 2.28. The van der Waals surface area contributed by atoms with Crippen LogP contribution < -0.4 is 4.90 Å². The predicted octanol–water partition coefficient (Wildman–Crippen LogP) is 3.05. The predicted molar refractivity (Wildman–Crippen MR) is 112 cm³/mol. The minimum absolute atomic E-state index is 0.119. The molecule has 5 heteroatoms. The van der Waals surface area contributed by atoms with E-state index in [4.69, 9.17) is 21.1 Å². The Hall–Kier alpha value is -3.65. The SMILES string of the molecule is C#Cc1ccc2c(c1)/C(c1ccccc1)=N\CC1=C(C3CN=CO3)N=CN2C1. The monoisotopic (exact) mass is 366 g/mol. The number of rotatable bonds is 2. The molecule has 5 nitrogen and oxygen atoms in total. The molecule has 2 aromatic rings. The van der Waals surface area contributed by atoms with Gasteiger partial charge in [-0.3, -0.25) is 9.98 Å². The number of hydrogen-bond donors (Lipinski definition) is 0. The smallest absolute Gasteiger partial charge is 0.170 e. The number of anilines is 1. The standard InChI is InChI=1S/C23H18N4O/c1-2-16-8-9-20-19(10-16)22(17-6-4-3-5-7-17)25-11-18-13-27(20)14-26-23(18)21-12-24-15-28-21/h1,3-10,14-15,21H,11-13H2/b25-22-. The van der Waals surface area contributed by atoms with E-state index in [0.29, 0.717) is 13.1 Å². The van der Waals surface area contributed by atoms with E-state index in [1.54, 1.807) is 0 Å². The van der Waals surface area contributed by atoms with Crippen LogP contribution >= 0.6 is 0 Å². The molecular formula is C23H18N4O. The van der Waals surface area contributed by atoms with Crippen LogP contribution in [0.4, 0.5) is 5.69 Å². The van der Waals surface area contributed by atoms with E-state index in [9.17, 15) is 0 Å². The summed E-state index contributed by atoms with van der Waals surface area (Å²) in [5, 5.41) is 0. The maximum absolute atomic E-state index is 5.66. The van der Waals surface area contributed by atoms with E-state index in [1.807, 2.05) is 36.7 Å². The van der Waals surface area contributed by atoms with E-state index >= 15 is 0 Å². The summed E-state index contributed by atoms with van der Waals surface area (Å²) in [6.45, 7) is 1.90. The zero-order valence-electron chi connectivity index (χ0n) is 15.2. The van der Waals surface area contributed by atoms with Crippen molar-refractivity contribution in [2.24, 2.45) is 15.0 Å². The van der Waals surface area contributed by atoms with Gasteiger partial charge in [0.1, 0.15) is 0 Å². The van der Waals surface area contributed by atoms with Crippen LogP contribution in [-0.2, 0) is 4.74 Å². The molecule has 0 fully saturated rings. The van der Waals surface area contributed by atoms with Crippen LogP contribution in [0.1, 0.15) is 16.7 Å². The fraction of sp³-hybridized carbons (Fsp3) is 0.174. The number of ether oxygens (including phenoxy) is 1. The lowest BCUT2D eigenvalue weighted by molar-refractivity contribution is 0.268. The second kappa shape index (κ2) is 6.82. The van der Waals surface area contributed by atoms with Gasteiger partial charge in [-0.1, -0.05) is 36.3 Å². The third kappa shape index (κ3) is 2.80. The van der Waals surface area contributed by atoms with Gasteiger partial charge in [-0.05, 0) is 23.8 Å². The van der Waals surface area contributed by atoms with Crippen molar-refractivity contribution in [2.45, 2.75) is 6.10 Å². The molecule has 28 heavy (non-hydrogen) atoms. The van der Waals surface area contributed by atoms with Crippen LogP contribution in [0, 0.1) is 12.3 Å². The van der Waals surface area contributed by atoms with Crippen molar-refractivity contribution in [3.8, 4) is 12.3 Å². The highest BCUT2D eigenvalue weighted by molar-refractivity contribution is 6.17. The topological polar surface area (TPSA) is 49.6 Å². The highest BCUT2D eigenvalue weighted by Crippen LogP contribution is 2.31. The third-order valence-electron chi connectivity index (χ3n) is 5.14. The Morgan fingerprint density at radius 2 is 2.04 bits per heavy atom. The number of hydrogen-bond acceptors (Lipinski definition) is 5. The Balaban J connectivity index is 1.67. The number of benzene rings is 2. The number of fused-ring (bicyclic) bond motifs is 4. The van der Waals surface area contributed by atoms with E-state index in [2.05, 4.69) is 34.0 Å². The zero-order valence-corrected chi connectivity index (χ0v) is 15.2. The summed E-state index contributed by atoms with van der Waals surface area (Å²) in [5.41, 5.74) is 7.00. The van der Waals surface area contributed by atoms with Crippen molar-refractivity contribution >= 4 is 24.1 Å². The maximum Gasteiger partial charge on any atom is 0.170 e. The molecule has 1 unspecified atom stereocenters. The second-order valence-electron chi connectivity index (χ2n) is 6.86. The molecule has 0 saturated carbocycles. The minimum atomic E-state index is -0.119. The molecule has 0 aromatic heterocycles. The van der Waals surface area contributed by atoms with Gasteiger partial charge in [-0.15, -0.1) is 6.42 Å². The van der Waals surface area contributed by atoms with Gasteiger partial charge in [0.2, 0.25) is 0 Å². The lowest BCUT2D eigenvalue weighted by Crippen LogP contribution is -2.34. The Morgan fingerprint density at radius 1 is 1.14 bits per heavy atom.